The fraction of sp³-hybridized carbons (Fsp3) is 0.304. The minimum atomic E-state index is -5.08. The molecule has 0 aliphatic rings. The van der Waals surface area contributed by atoms with Crippen LogP contribution in [0.2, 0.25) is 0 Å². The predicted molar refractivity (Wildman–Crippen MR) is 127 cm³/mol. The van der Waals surface area contributed by atoms with Crippen molar-refractivity contribution in [2.45, 2.75) is 19.6 Å². The summed E-state index contributed by atoms with van der Waals surface area (Å²) in [5, 5.41) is 11.0. The van der Waals surface area contributed by atoms with Gasteiger partial charge in [-0.05, 0) is 36.2 Å². The molecule has 16 heteroatoms. The molecule has 0 unspecified atom stereocenters. The molecule has 0 saturated carbocycles. The molecule has 0 spiro atoms. The van der Waals surface area contributed by atoms with E-state index in [9.17, 15) is 26.7 Å². The van der Waals surface area contributed by atoms with Crippen LogP contribution in [0, 0.1) is 6.92 Å². The molecule has 2 aromatic heterocycles. The molecule has 3 aromatic rings. The number of ether oxygens (including phenoxy) is 3. The lowest BCUT2D eigenvalue weighted by Crippen LogP contribution is -2.27. The van der Waals surface area contributed by atoms with Crippen molar-refractivity contribution < 1.29 is 46.1 Å². The second-order valence-electron chi connectivity index (χ2n) is 7.59. The third-order valence-corrected chi connectivity index (χ3v) is 5.11. The number of carboxylic acid groups (broad SMARTS) is 1. The van der Waals surface area contributed by atoms with Gasteiger partial charge in [0.25, 0.3) is 6.08 Å². The Balaban J connectivity index is 0.000000673. The Bertz CT molecular complexity index is 1390. The molecule has 0 fully saturated rings. The standard InChI is InChI=1S/C21H23F2N5O4.C2HF3O2/c1-12-5-14(13-6-16(30-2)18(32-4)17(7-13)31-3)9-25-20(12)27-11-26-28(21(27)29)10-15(8-24)19(22)23;3-2(4,5)1(6)7/h5-7,9,11H,8,10,24H2,1-4H3;(H,6,7). The van der Waals surface area contributed by atoms with Crippen molar-refractivity contribution in [1.82, 2.24) is 19.3 Å². The van der Waals surface area contributed by atoms with Crippen LogP contribution in [0.1, 0.15) is 5.56 Å². The van der Waals surface area contributed by atoms with Gasteiger partial charge < -0.3 is 25.1 Å². The number of nitrogens with two attached hydrogens (primary N) is 1. The lowest BCUT2D eigenvalue weighted by atomic mass is 10.0. The first-order valence-electron chi connectivity index (χ1n) is 10.7. The smallest absolute Gasteiger partial charge is 0.490 e. The molecule has 0 radical (unpaired) electrons. The highest BCUT2D eigenvalue weighted by Crippen LogP contribution is 2.41. The van der Waals surface area contributed by atoms with Crippen LogP contribution in [0.4, 0.5) is 22.0 Å². The third kappa shape index (κ3) is 7.31. The quantitative estimate of drug-likeness (QED) is 0.396. The minimum absolute atomic E-state index is 0.330. The second kappa shape index (κ2) is 12.9. The second-order valence-corrected chi connectivity index (χ2v) is 7.59. The normalized spacial score (nSPS) is 10.8. The zero-order chi connectivity index (χ0) is 29.5. The SMILES string of the molecule is COc1cc(-c2cnc(-n3cnn(CC(CN)=C(F)F)c3=O)c(C)c2)cc(OC)c1OC.O=C(O)C(F)(F)F. The molecule has 212 valence electrons. The van der Waals surface area contributed by atoms with E-state index >= 15 is 0 Å². The van der Waals surface area contributed by atoms with Gasteiger partial charge in [-0.2, -0.15) is 27.1 Å². The largest absolute Gasteiger partial charge is 0.493 e. The van der Waals surface area contributed by atoms with E-state index in [2.05, 4.69) is 10.1 Å². The molecule has 0 saturated heterocycles. The van der Waals surface area contributed by atoms with E-state index in [0.717, 1.165) is 15.8 Å². The van der Waals surface area contributed by atoms with Crippen LogP contribution in [-0.4, -0.2) is 64.5 Å². The van der Waals surface area contributed by atoms with Crippen molar-refractivity contribution in [3.63, 3.8) is 0 Å². The van der Waals surface area contributed by atoms with Gasteiger partial charge in [0.2, 0.25) is 5.75 Å². The zero-order valence-corrected chi connectivity index (χ0v) is 21.0. The van der Waals surface area contributed by atoms with E-state index in [0.29, 0.717) is 28.6 Å². The number of nitrogens with zero attached hydrogens (tertiary/aromatic N) is 4. The summed E-state index contributed by atoms with van der Waals surface area (Å²) >= 11 is 0. The van der Waals surface area contributed by atoms with Crippen molar-refractivity contribution in [2.75, 3.05) is 27.9 Å². The number of carbonyl (C=O) groups is 1. The topological polar surface area (TPSA) is 144 Å². The molecule has 0 amide bonds. The van der Waals surface area contributed by atoms with Crippen LogP contribution in [0.3, 0.4) is 0 Å². The average molecular weight is 561 g/mol. The van der Waals surface area contributed by atoms with E-state index in [-0.39, 0.29) is 12.1 Å². The number of rotatable bonds is 8. The zero-order valence-electron chi connectivity index (χ0n) is 21.0. The molecular formula is C23H24F5N5O6. The molecule has 0 aliphatic carbocycles. The number of methoxy groups -OCH3 is 3. The number of benzene rings is 1. The van der Waals surface area contributed by atoms with E-state index in [4.69, 9.17) is 29.8 Å². The fourth-order valence-corrected chi connectivity index (χ4v) is 3.20. The van der Waals surface area contributed by atoms with Gasteiger partial charge in [-0.1, -0.05) is 0 Å². The van der Waals surface area contributed by atoms with Crippen LogP contribution in [0.25, 0.3) is 16.9 Å². The first kappa shape index (κ1) is 30.8. The van der Waals surface area contributed by atoms with Crippen molar-refractivity contribution >= 4 is 5.97 Å². The summed E-state index contributed by atoms with van der Waals surface area (Å²) in [7, 11) is 4.57. The Labute approximate surface area is 217 Å². The predicted octanol–water partition coefficient (Wildman–Crippen LogP) is 3.17. The first-order chi connectivity index (χ1) is 18.3. The Morgan fingerprint density at radius 2 is 1.62 bits per heavy atom. The maximum Gasteiger partial charge on any atom is 0.490 e. The van der Waals surface area contributed by atoms with Gasteiger partial charge in [0.05, 0.1) is 27.9 Å². The van der Waals surface area contributed by atoms with E-state index in [1.807, 2.05) is 6.07 Å². The molecule has 11 nitrogen and oxygen atoms in total. The maximum atomic E-state index is 12.9. The summed E-state index contributed by atoms with van der Waals surface area (Å²) in [5.41, 5.74) is 6.54. The lowest BCUT2D eigenvalue weighted by Gasteiger charge is -2.15. The Morgan fingerprint density at radius 1 is 1.05 bits per heavy atom. The molecule has 3 N–H and O–H groups in total. The number of halogens is 5. The molecule has 0 atom stereocenters. The highest BCUT2D eigenvalue weighted by atomic mass is 19.4. The molecule has 3 rings (SSSR count). The number of aliphatic carboxylic acids is 1. The Kier molecular flexibility index (Phi) is 10.1. The molecule has 39 heavy (non-hydrogen) atoms. The number of hydrogen-bond donors (Lipinski definition) is 2. The van der Waals surface area contributed by atoms with Crippen LogP contribution in [0.15, 0.2) is 47.2 Å². The highest BCUT2D eigenvalue weighted by molar-refractivity contribution is 5.73. The number of pyridine rings is 1. The van der Waals surface area contributed by atoms with Crippen LogP contribution in [-0.2, 0) is 11.3 Å². The van der Waals surface area contributed by atoms with Crippen LogP contribution < -0.4 is 25.6 Å². The van der Waals surface area contributed by atoms with E-state index in [1.165, 1.54) is 32.2 Å². The van der Waals surface area contributed by atoms with Crippen molar-refractivity contribution in [3.05, 3.63) is 58.4 Å². The summed E-state index contributed by atoms with van der Waals surface area (Å²) < 4.78 is 75.7. The third-order valence-electron chi connectivity index (χ3n) is 5.11. The fourth-order valence-electron chi connectivity index (χ4n) is 3.20. The summed E-state index contributed by atoms with van der Waals surface area (Å²) in [4.78, 5) is 26.0. The molecule has 0 aliphatic heterocycles. The van der Waals surface area contributed by atoms with Crippen LogP contribution in [0.5, 0.6) is 17.2 Å². The summed E-state index contributed by atoms with van der Waals surface area (Å²) in [6.07, 6.45) is -4.18. The van der Waals surface area contributed by atoms with Gasteiger partial charge in [-0.3, -0.25) is 0 Å². The average Bonchev–Trinajstić information content (AvgIpc) is 3.25. The van der Waals surface area contributed by atoms with Gasteiger partial charge in [-0.15, -0.1) is 0 Å². The number of hydrogen-bond acceptors (Lipinski definition) is 8. The van der Waals surface area contributed by atoms with Crippen molar-refractivity contribution in [3.8, 4) is 34.2 Å². The summed E-state index contributed by atoms with van der Waals surface area (Å²) in [6, 6.07) is 5.40. The number of carboxylic acids is 1. The van der Waals surface area contributed by atoms with E-state index < -0.39 is 30.5 Å². The minimum Gasteiger partial charge on any atom is -0.493 e. The Morgan fingerprint density at radius 3 is 2.03 bits per heavy atom. The number of alkyl halides is 3. The number of aryl methyl sites for hydroxylation is 1. The maximum absolute atomic E-state index is 12.9. The summed E-state index contributed by atoms with van der Waals surface area (Å²) in [6.45, 7) is 1.01. The lowest BCUT2D eigenvalue weighted by molar-refractivity contribution is -0.192. The van der Waals surface area contributed by atoms with Gasteiger partial charge in [0.1, 0.15) is 12.1 Å². The molecular weight excluding hydrogens is 537 g/mol. The van der Waals surface area contributed by atoms with Crippen molar-refractivity contribution in [1.29, 1.82) is 0 Å². The first-order valence-corrected chi connectivity index (χ1v) is 10.7. The van der Waals surface area contributed by atoms with Gasteiger partial charge in [0.15, 0.2) is 11.5 Å². The summed E-state index contributed by atoms with van der Waals surface area (Å²) in [5.74, 6) is -0.978. The molecule has 0 bridgehead atoms. The van der Waals surface area contributed by atoms with Crippen LogP contribution >= 0.6 is 0 Å². The molecule has 2 heterocycles. The van der Waals surface area contributed by atoms with Gasteiger partial charge in [-0.25, -0.2) is 23.8 Å². The molecule has 1 aromatic carbocycles. The van der Waals surface area contributed by atoms with E-state index in [1.54, 1.807) is 25.3 Å². The highest BCUT2D eigenvalue weighted by Gasteiger charge is 2.38. The van der Waals surface area contributed by atoms with Crippen molar-refractivity contribution in [2.24, 2.45) is 5.73 Å². The number of aromatic nitrogens is 4. The Hall–Kier alpha value is -4.47. The monoisotopic (exact) mass is 561 g/mol. The van der Waals surface area contributed by atoms with Gasteiger partial charge in [0, 0.05) is 23.9 Å². The van der Waals surface area contributed by atoms with Gasteiger partial charge >= 0.3 is 17.8 Å².